The van der Waals surface area contributed by atoms with Gasteiger partial charge in [0.25, 0.3) is 0 Å². The topological polar surface area (TPSA) is 0 Å². The van der Waals surface area contributed by atoms with Crippen LogP contribution in [0.1, 0.15) is 0 Å². The summed E-state index contributed by atoms with van der Waals surface area (Å²) in [5.74, 6) is 0. The predicted octanol–water partition coefficient (Wildman–Crippen LogP) is 1.25. The Kier molecular flexibility index (Phi) is 1.67. The smallest absolute Gasteiger partial charge is 0.122 e. The fourth-order valence-electron chi connectivity index (χ4n) is 0.352. The third kappa shape index (κ3) is 1.14. The summed E-state index contributed by atoms with van der Waals surface area (Å²) in [5.41, 5.74) is 2.07. The highest BCUT2D eigenvalue weighted by Gasteiger charge is 1.99. The summed E-state index contributed by atoms with van der Waals surface area (Å²) in [4.78, 5) is 1.02. The van der Waals surface area contributed by atoms with Crippen LogP contribution in [0.25, 0.3) is 0 Å². The van der Waals surface area contributed by atoms with Crippen LogP contribution in [0.2, 0.25) is 0 Å². The normalized spacial score (nSPS) is 19.1. The fourth-order valence-corrected chi connectivity index (χ4v) is 1.70. The molecule has 1 rings (SSSR count). The highest BCUT2D eigenvalue weighted by atomic mass is 32.1. The van der Waals surface area contributed by atoms with Gasteiger partial charge in [-0.05, 0) is 4.53 Å². The molecule has 0 atom stereocenters. The molecule has 2 radical (unpaired) electrons. The van der Waals surface area contributed by atoms with Crippen molar-refractivity contribution in [1.82, 2.24) is 0 Å². The zero-order valence-corrected chi connectivity index (χ0v) is 6.34. The molecule has 0 spiro atoms. The molecule has 0 aromatic rings. The van der Waals surface area contributed by atoms with Crippen LogP contribution in [0, 0.1) is 0 Å². The molecule has 36 valence electrons. The van der Waals surface area contributed by atoms with Crippen molar-refractivity contribution in [3.63, 3.8) is 0 Å². The third-order valence-electron chi connectivity index (χ3n) is 0.704. The first-order valence-corrected chi connectivity index (χ1v) is 3.83. The third-order valence-corrected chi connectivity index (χ3v) is 2.97. The van der Waals surface area contributed by atoms with Crippen molar-refractivity contribution in [2.45, 2.75) is 0 Å². The summed E-state index contributed by atoms with van der Waals surface area (Å²) in [7, 11) is 0.750. The maximum Gasteiger partial charge on any atom is 0.122 e. The Balaban J connectivity index is 2.79. The number of allylic oxidation sites excluding steroid dienone is 1. The van der Waals surface area contributed by atoms with Crippen molar-refractivity contribution >= 4 is 34.8 Å². The minimum Gasteiger partial charge on any atom is -0.151 e. The summed E-state index contributed by atoms with van der Waals surface area (Å²) < 4.78 is 1.10. The molecule has 1 aliphatic heterocycles. The van der Waals surface area contributed by atoms with Gasteiger partial charge in [0, 0.05) is 4.91 Å². The lowest BCUT2D eigenvalue weighted by Gasteiger charge is -1.84. The molecule has 7 heavy (non-hydrogen) atoms. The molecule has 1 heterocycles. The first-order valence-electron chi connectivity index (χ1n) is 1.86. The monoisotopic (exact) mass is 144 g/mol. The zero-order chi connectivity index (χ0) is 5.28. The van der Waals surface area contributed by atoms with Crippen LogP contribution in [0.15, 0.2) is 21.2 Å². The molecule has 0 unspecified atom stereocenters. The molecule has 0 bridgehead atoms. The molecule has 0 aromatic heterocycles. The Labute approximate surface area is 56.3 Å². The van der Waals surface area contributed by atoms with Gasteiger partial charge in [0.2, 0.25) is 0 Å². The lowest BCUT2D eigenvalue weighted by molar-refractivity contribution is 2.05. The first-order chi connectivity index (χ1) is 3.30. The van der Waals surface area contributed by atoms with Gasteiger partial charge >= 0.3 is 0 Å². The molecular formula is C4H4S2Si. The molecule has 0 saturated carbocycles. The molecule has 0 aliphatic carbocycles. The van der Waals surface area contributed by atoms with E-state index in [4.69, 9.17) is 0 Å². The molecule has 0 saturated heterocycles. The van der Waals surface area contributed by atoms with E-state index in [1.807, 2.05) is 6.08 Å². The van der Waals surface area contributed by atoms with Gasteiger partial charge in [-0.2, -0.15) is 12.6 Å². The standard InChI is InChI=1S/C4H4S2Si/c5-3-1-2-7-4(3)6/h1-2,5-6H. The van der Waals surface area contributed by atoms with Gasteiger partial charge in [0.15, 0.2) is 0 Å². The second-order valence-electron chi connectivity index (χ2n) is 1.21. The maximum atomic E-state index is 4.14. The van der Waals surface area contributed by atoms with E-state index >= 15 is 0 Å². The molecule has 0 amide bonds. The van der Waals surface area contributed by atoms with Crippen molar-refractivity contribution in [1.29, 1.82) is 0 Å². The maximum absolute atomic E-state index is 4.14. The molecule has 0 nitrogen and oxygen atoms in total. The second-order valence-corrected chi connectivity index (χ2v) is 3.68. The molecular weight excluding hydrogens is 140 g/mol. The van der Waals surface area contributed by atoms with E-state index in [-0.39, 0.29) is 0 Å². The Morgan fingerprint density at radius 1 is 1.43 bits per heavy atom. The van der Waals surface area contributed by atoms with Crippen LogP contribution < -0.4 is 0 Å². The van der Waals surface area contributed by atoms with Crippen LogP contribution in [0.4, 0.5) is 0 Å². The van der Waals surface area contributed by atoms with Gasteiger partial charge in [-0.15, -0.1) is 12.6 Å². The minimum atomic E-state index is 0.750. The van der Waals surface area contributed by atoms with Gasteiger partial charge in [0.05, 0.1) is 0 Å². The van der Waals surface area contributed by atoms with Crippen molar-refractivity contribution in [2.24, 2.45) is 0 Å². The van der Waals surface area contributed by atoms with Gasteiger partial charge in [-0.3, -0.25) is 0 Å². The first kappa shape index (κ1) is 5.53. The van der Waals surface area contributed by atoms with E-state index in [1.165, 1.54) is 0 Å². The Hall–Kier alpha value is 0.397. The lowest BCUT2D eigenvalue weighted by Crippen LogP contribution is -1.76. The van der Waals surface area contributed by atoms with E-state index < -0.39 is 0 Å². The number of hydrogen-bond acceptors (Lipinski definition) is 2. The van der Waals surface area contributed by atoms with Crippen molar-refractivity contribution in [3.8, 4) is 0 Å². The Morgan fingerprint density at radius 2 is 2.14 bits per heavy atom. The highest BCUT2D eigenvalue weighted by molar-refractivity contribution is 7.90. The number of rotatable bonds is 0. The van der Waals surface area contributed by atoms with Gasteiger partial charge in [-0.1, -0.05) is 11.8 Å². The van der Waals surface area contributed by atoms with Crippen LogP contribution in [-0.2, 0) is 0 Å². The molecule has 0 aromatic carbocycles. The lowest BCUT2D eigenvalue weighted by atomic mass is 10.6. The minimum absolute atomic E-state index is 0.750. The van der Waals surface area contributed by atoms with E-state index in [0.29, 0.717) is 0 Å². The molecule has 1 aliphatic rings. The van der Waals surface area contributed by atoms with Crippen LogP contribution in [0.3, 0.4) is 0 Å². The van der Waals surface area contributed by atoms with E-state index in [1.54, 1.807) is 0 Å². The summed E-state index contributed by atoms with van der Waals surface area (Å²) in [6.45, 7) is 0. The van der Waals surface area contributed by atoms with E-state index in [2.05, 4.69) is 31.0 Å². The van der Waals surface area contributed by atoms with Gasteiger partial charge in [0.1, 0.15) is 9.52 Å². The van der Waals surface area contributed by atoms with E-state index in [0.717, 1.165) is 19.0 Å². The van der Waals surface area contributed by atoms with E-state index in [9.17, 15) is 0 Å². The van der Waals surface area contributed by atoms with Crippen LogP contribution in [-0.4, -0.2) is 9.52 Å². The second kappa shape index (κ2) is 2.11. The van der Waals surface area contributed by atoms with Gasteiger partial charge < -0.3 is 0 Å². The number of thiol groups is 2. The summed E-state index contributed by atoms with van der Waals surface area (Å²) in [5, 5.41) is 0. The summed E-state index contributed by atoms with van der Waals surface area (Å²) in [6, 6.07) is 0. The van der Waals surface area contributed by atoms with Crippen LogP contribution in [0.5, 0.6) is 0 Å². The zero-order valence-electron chi connectivity index (χ0n) is 3.55. The summed E-state index contributed by atoms with van der Waals surface area (Å²) in [6.07, 6.45) is 1.98. The Morgan fingerprint density at radius 3 is 2.29 bits per heavy atom. The fraction of sp³-hybridized carbons (Fsp3) is 0. The van der Waals surface area contributed by atoms with Crippen molar-refractivity contribution in [2.75, 3.05) is 0 Å². The SMILES string of the molecule is SC1=C(S)[Si]C=C1. The van der Waals surface area contributed by atoms with Gasteiger partial charge in [-0.25, -0.2) is 0 Å². The Bertz CT molecular complexity index is 137. The number of hydrogen-bond donors (Lipinski definition) is 2. The average Bonchev–Trinajstić information content (AvgIpc) is 1.91. The quantitative estimate of drug-likeness (QED) is 0.371. The van der Waals surface area contributed by atoms with Crippen molar-refractivity contribution < 1.29 is 0 Å². The average molecular weight is 144 g/mol. The molecule has 3 heteroatoms. The van der Waals surface area contributed by atoms with Crippen molar-refractivity contribution in [3.05, 3.63) is 21.2 Å². The molecule has 0 N–H and O–H groups in total. The largest absolute Gasteiger partial charge is 0.151 e. The molecule has 0 fully saturated rings. The van der Waals surface area contributed by atoms with Crippen LogP contribution >= 0.6 is 25.3 Å². The predicted molar refractivity (Wildman–Crippen MR) is 39.9 cm³/mol. The summed E-state index contributed by atoms with van der Waals surface area (Å²) >= 11 is 8.25. The highest BCUT2D eigenvalue weighted by Crippen LogP contribution is 2.17.